The average Bonchev–Trinajstić information content (AvgIpc) is 3.26. The van der Waals surface area contributed by atoms with Gasteiger partial charge in [0, 0.05) is 17.2 Å². The van der Waals surface area contributed by atoms with Gasteiger partial charge in [-0.2, -0.15) is 8.78 Å². The predicted octanol–water partition coefficient (Wildman–Crippen LogP) is 5.18. The topological polar surface area (TPSA) is 97.5 Å². The number of primary amides is 1. The Bertz CT molecular complexity index is 1130. The van der Waals surface area contributed by atoms with Crippen LogP contribution in [0.1, 0.15) is 36.0 Å². The van der Waals surface area contributed by atoms with E-state index in [1.165, 1.54) is 18.2 Å². The van der Waals surface area contributed by atoms with Gasteiger partial charge in [0.25, 0.3) is 5.91 Å². The van der Waals surface area contributed by atoms with Crippen LogP contribution >= 0.6 is 0 Å². The standard InChI is InChI=1S/C24H23F2N3O3/c25-24(26)32-21-8-4-3-7-17(21)15-12-19(14-9-10-20(30)18(11-14)23(27)31)29-22(13-15)28-16-5-1-2-6-16/h3-4,7-13,16,24,30H,1-2,5-6H2,(H2,27,31)(H,28,29). The van der Waals surface area contributed by atoms with Crippen molar-refractivity contribution in [3.05, 3.63) is 60.2 Å². The van der Waals surface area contributed by atoms with Crippen LogP contribution in [0, 0.1) is 0 Å². The largest absolute Gasteiger partial charge is 0.507 e. The minimum Gasteiger partial charge on any atom is -0.507 e. The van der Waals surface area contributed by atoms with E-state index >= 15 is 0 Å². The Kier molecular flexibility index (Phi) is 6.20. The van der Waals surface area contributed by atoms with Crippen LogP contribution < -0.4 is 15.8 Å². The molecule has 3 aromatic rings. The van der Waals surface area contributed by atoms with Gasteiger partial charge in [0.05, 0.1) is 11.3 Å². The number of aromatic nitrogens is 1. The van der Waals surface area contributed by atoms with Crippen molar-refractivity contribution in [2.75, 3.05) is 5.32 Å². The fourth-order valence-corrected chi connectivity index (χ4v) is 3.98. The molecule has 0 bridgehead atoms. The van der Waals surface area contributed by atoms with Gasteiger partial charge in [0.2, 0.25) is 0 Å². The molecular weight excluding hydrogens is 416 g/mol. The minimum atomic E-state index is -2.95. The molecular formula is C24H23F2N3O3. The van der Waals surface area contributed by atoms with Gasteiger partial charge >= 0.3 is 6.61 Å². The summed E-state index contributed by atoms with van der Waals surface area (Å²) >= 11 is 0. The highest BCUT2D eigenvalue weighted by molar-refractivity contribution is 5.97. The summed E-state index contributed by atoms with van der Waals surface area (Å²) in [4.78, 5) is 16.4. The Morgan fingerprint density at radius 3 is 2.56 bits per heavy atom. The number of nitrogens with two attached hydrogens (primary N) is 1. The van der Waals surface area contributed by atoms with Gasteiger partial charge in [-0.1, -0.05) is 31.0 Å². The molecule has 4 N–H and O–H groups in total. The Morgan fingerprint density at radius 1 is 1.09 bits per heavy atom. The van der Waals surface area contributed by atoms with Crippen LogP contribution in [-0.4, -0.2) is 28.7 Å². The van der Waals surface area contributed by atoms with Crippen molar-refractivity contribution in [3.63, 3.8) is 0 Å². The molecule has 4 rings (SSSR count). The molecule has 0 spiro atoms. The molecule has 1 saturated carbocycles. The molecule has 0 atom stereocenters. The maximum Gasteiger partial charge on any atom is 0.387 e. The van der Waals surface area contributed by atoms with Gasteiger partial charge in [0.15, 0.2) is 0 Å². The van der Waals surface area contributed by atoms with Crippen LogP contribution in [0.4, 0.5) is 14.6 Å². The van der Waals surface area contributed by atoms with Gasteiger partial charge in [-0.25, -0.2) is 4.98 Å². The zero-order valence-corrected chi connectivity index (χ0v) is 17.2. The predicted molar refractivity (Wildman–Crippen MR) is 118 cm³/mol. The van der Waals surface area contributed by atoms with E-state index in [1.807, 2.05) is 0 Å². The van der Waals surface area contributed by atoms with E-state index in [0.717, 1.165) is 25.7 Å². The molecule has 8 heteroatoms. The van der Waals surface area contributed by atoms with Crippen molar-refractivity contribution >= 4 is 11.7 Å². The van der Waals surface area contributed by atoms with Crippen molar-refractivity contribution < 1.29 is 23.4 Å². The van der Waals surface area contributed by atoms with E-state index in [1.54, 1.807) is 36.4 Å². The van der Waals surface area contributed by atoms with Crippen LogP contribution in [0.5, 0.6) is 11.5 Å². The number of rotatable bonds is 7. The Morgan fingerprint density at radius 2 is 1.84 bits per heavy atom. The number of nitrogens with one attached hydrogen (secondary N) is 1. The summed E-state index contributed by atoms with van der Waals surface area (Å²) < 4.78 is 30.6. The van der Waals surface area contributed by atoms with Crippen molar-refractivity contribution in [2.24, 2.45) is 5.73 Å². The van der Waals surface area contributed by atoms with E-state index in [2.05, 4.69) is 10.3 Å². The molecule has 2 aromatic carbocycles. The van der Waals surface area contributed by atoms with Crippen molar-refractivity contribution in [3.8, 4) is 33.9 Å². The molecule has 0 saturated heterocycles. The second kappa shape index (κ2) is 9.21. The highest BCUT2D eigenvalue weighted by atomic mass is 19.3. The lowest BCUT2D eigenvalue weighted by Crippen LogP contribution is -2.15. The second-order valence-corrected chi connectivity index (χ2v) is 7.72. The first-order valence-corrected chi connectivity index (χ1v) is 10.4. The van der Waals surface area contributed by atoms with E-state index in [-0.39, 0.29) is 23.1 Å². The molecule has 1 aliphatic rings. The number of anilines is 1. The maximum atomic E-state index is 13.0. The minimum absolute atomic E-state index is 0.0264. The highest BCUT2D eigenvalue weighted by Crippen LogP contribution is 2.36. The molecule has 32 heavy (non-hydrogen) atoms. The summed E-state index contributed by atoms with van der Waals surface area (Å²) in [6.45, 7) is -2.95. The molecule has 0 unspecified atom stereocenters. The normalized spacial score (nSPS) is 14.0. The fourth-order valence-electron chi connectivity index (χ4n) is 3.98. The highest BCUT2D eigenvalue weighted by Gasteiger charge is 2.18. The molecule has 166 valence electrons. The van der Waals surface area contributed by atoms with E-state index < -0.39 is 12.5 Å². The summed E-state index contributed by atoms with van der Waals surface area (Å²) in [5.74, 6) is -0.349. The summed E-state index contributed by atoms with van der Waals surface area (Å²) in [5.41, 5.74) is 7.51. The number of carbonyl (C=O) groups is 1. The lowest BCUT2D eigenvalue weighted by molar-refractivity contribution is -0.0494. The Hall–Kier alpha value is -3.68. The number of alkyl halides is 2. The van der Waals surface area contributed by atoms with Crippen LogP contribution in [-0.2, 0) is 0 Å². The maximum absolute atomic E-state index is 13.0. The molecule has 1 aliphatic carbocycles. The molecule has 1 aromatic heterocycles. The molecule has 1 amide bonds. The van der Waals surface area contributed by atoms with Crippen molar-refractivity contribution in [2.45, 2.75) is 38.3 Å². The molecule has 1 heterocycles. The Balaban J connectivity index is 1.82. The SMILES string of the molecule is NC(=O)c1cc(-c2cc(-c3ccccc3OC(F)F)cc(NC3CCCC3)n2)ccc1O. The van der Waals surface area contributed by atoms with E-state index in [9.17, 15) is 18.7 Å². The second-order valence-electron chi connectivity index (χ2n) is 7.72. The number of nitrogens with zero attached hydrogens (tertiary/aromatic N) is 1. The number of ether oxygens (including phenoxy) is 1. The van der Waals surface area contributed by atoms with Crippen molar-refractivity contribution in [1.29, 1.82) is 0 Å². The molecule has 6 nitrogen and oxygen atoms in total. The van der Waals surface area contributed by atoms with Crippen LogP contribution in [0.3, 0.4) is 0 Å². The van der Waals surface area contributed by atoms with Gasteiger partial charge in [-0.3, -0.25) is 4.79 Å². The number of benzene rings is 2. The summed E-state index contributed by atoms with van der Waals surface area (Å²) in [6, 6.07) is 14.8. The van der Waals surface area contributed by atoms with Crippen LogP contribution in [0.25, 0.3) is 22.4 Å². The fraction of sp³-hybridized carbons (Fsp3) is 0.250. The number of phenols is 1. The molecule has 0 radical (unpaired) electrons. The van der Waals surface area contributed by atoms with Crippen LogP contribution in [0.15, 0.2) is 54.6 Å². The third-order valence-electron chi connectivity index (χ3n) is 5.50. The number of aromatic hydroxyl groups is 1. The number of halogens is 2. The lowest BCUT2D eigenvalue weighted by Gasteiger charge is -2.17. The zero-order valence-electron chi connectivity index (χ0n) is 17.2. The summed E-state index contributed by atoms with van der Waals surface area (Å²) in [7, 11) is 0. The van der Waals surface area contributed by atoms with Gasteiger partial charge in [0.1, 0.15) is 17.3 Å². The smallest absolute Gasteiger partial charge is 0.387 e. The number of carbonyl (C=O) groups excluding carboxylic acids is 1. The van der Waals surface area contributed by atoms with E-state index in [4.69, 9.17) is 10.5 Å². The lowest BCUT2D eigenvalue weighted by atomic mass is 10.0. The molecule has 1 fully saturated rings. The summed E-state index contributed by atoms with van der Waals surface area (Å²) in [6.07, 6.45) is 4.32. The first kappa shape index (κ1) is 21.5. The Labute approximate surface area is 184 Å². The van der Waals surface area contributed by atoms with Crippen molar-refractivity contribution in [1.82, 2.24) is 4.98 Å². The first-order valence-electron chi connectivity index (χ1n) is 10.4. The number of hydrogen-bond acceptors (Lipinski definition) is 5. The number of para-hydroxylation sites is 1. The third kappa shape index (κ3) is 4.80. The van der Waals surface area contributed by atoms with Gasteiger partial charge in [-0.15, -0.1) is 0 Å². The third-order valence-corrected chi connectivity index (χ3v) is 5.50. The number of pyridine rings is 1. The van der Waals surface area contributed by atoms with E-state index in [0.29, 0.717) is 28.2 Å². The average molecular weight is 439 g/mol. The summed E-state index contributed by atoms with van der Waals surface area (Å²) in [5, 5.41) is 13.4. The monoisotopic (exact) mass is 439 g/mol. The first-order chi connectivity index (χ1) is 15.4. The van der Waals surface area contributed by atoms with Crippen LogP contribution in [0.2, 0.25) is 0 Å². The molecule has 0 aliphatic heterocycles. The van der Waals surface area contributed by atoms with Gasteiger partial charge < -0.3 is 20.9 Å². The van der Waals surface area contributed by atoms with Gasteiger partial charge in [-0.05, 0) is 54.8 Å². The zero-order chi connectivity index (χ0) is 22.7. The number of hydrogen-bond donors (Lipinski definition) is 3. The number of amides is 1. The quantitative estimate of drug-likeness (QED) is 0.472.